The van der Waals surface area contributed by atoms with Crippen LogP contribution in [-0.4, -0.2) is 11.8 Å². The van der Waals surface area contributed by atoms with E-state index in [-0.39, 0.29) is 11.8 Å². The monoisotopic (exact) mass is 203 g/mol. The van der Waals surface area contributed by atoms with Crippen LogP contribution in [0.25, 0.3) is 0 Å². The van der Waals surface area contributed by atoms with Crippen LogP contribution in [0.3, 0.4) is 0 Å². The predicted octanol–water partition coefficient (Wildman–Crippen LogP) is 1.96. The number of carbonyl (C=O) groups excluding carboxylic acids is 2. The van der Waals surface area contributed by atoms with E-state index in [4.69, 9.17) is 0 Å². The molecule has 3 heteroatoms. The summed E-state index contributed by atoms with van der Waals surface area (Å²) in [6.45, 7) is 3.92. The van der Waals surface area contributed by atoms with Gasteiger partial charge in [0.05, 0.1) is 5.69 Å². The lowest BCUT2D eigenvalue weighted by Crippen LogP contribution is -2.28. The van der Waals surface area contributed by atoms with E-state index in [0.717, 1.165) is 11.1 Å². The van der Waals surface area contributed by atoms with Crippen molar-refractivity contribution in [1.82, 2.24) is 0 Å². The highest BCUT2D eigenvalue weighted by Gasteiger charge is 2.30. The third-order valence-electron chi connectivity index (χ3n) is 2.52. The first-order chi connectivity index (χ1) is 7.08. The van der Waals surface area contributed by atoms with Crippen molar-refractivity contribution < 1.29 is 9.59 Å². The molecule has 0 aliphatic carbocycles. The first kappa shape index (κ1) is 9.90. The summed E-state index contributed by atoms with van der Waals surface area (Å²) in [7, 11) is 0. The molecular weight excluding hydrogens is 190 g/mol. The van der Waals surface area contributed by atoms with Gasteiger partial charge in [-0.25, -0.2) is 0 Å². The maximum atomic E-state index is 11.5. The number of rotatable bonds is 1. The van der Waals surface area contributed by atoms with Gasteiger partial charge >= 0.3 is 0 Å². The fourth-order valence-corrected chi connectivity index (χ4v) is 1.94. The van der Waals surface area contributed by atoms with Crippen LogP contribution in [0.1, 0.15) is 24.0 Å². The molecule has 1 aliphatic rings. The SMILES string of the molecule is Cc1cc(C)cc(N2C(=O)CCC2=O)c1. The summed E-state index contributed by atoms with van der Waals surface area (Å²) in [5, 5.41) is 0. The van der Waals surface area contributed by atoms with Gasteiger partial charge in [-0.3, -0.25) is 14.5 Å². The number of amides is 2. The van der Waals surface area contributed by atoms with Crippen molar-refractivity contribution in [3.05, 3.63) is 29.3 Å². The van der Waals surface area contributed by atoms with Crippen molar-refractivity contribution in [2.24, 2.45) is 0 Å². The Hall–Kier alpha value is -1.64. The second kappa shape index (κ2) is 3.50. The zero-order valence-electron chi connectivity index (χ0n) is 8.91. The normalized spacial score (nSPS) is 16.3. The van der Waals surface area contributed by atoms with Gasteiger partial charge in [-0.1, -0.05) is 6.07 Å². The van der Waals surface area contributed by atoms with Crippen LogP contribution >= 0.6 is 0 Å². The Balaban J connectivity index is 2.44. The van der Waals surface area contributed by atoms with Gasteiger partial charge in [0.2, 0.25) is 11.8 Å². The van der Waals surface area contributed by atoms with Gasteiger partial charge in [0.1, 0.15) is 0 Å². The van der Waals surface area contributed by atoms with Crippen molar-refractivity contribution in [1.29, 1.82) is 0 Å². The van der Waals surface area contributed by atoms with Crippen molar-refractivity contribution in [2.75, 3.05) is 4.90 Å². The summed E-state index contributed by atoms with van der Waals surface area (Å²) >= 11 is 0. The summed E-state index contributed by atoms with van der Waals surface area (Å²) in [4.78, 5) is 24.3. The molecule has 1 fully saturated rings. The molecule has 1 heterocycles. The molecule has 0 bridgehead atoms. The van der Waals surface area contributed by atoms with E-state index in [0.29, 0.717) is 18.5 Å². The lowest BCUT2D eigenvalue weighted by molar-refractivity contribution is -0.121. The Morgan fingerprint density at radius 1 is 0.933 bits per heavy atom. The van der Waals surface area contributed by atoms with Crippen LogP contribution in [0, 0.1) is 13.8 Å². The van der Waals surface area contributed by atoms with Crippen LogP contribution in [0.15, 0.2) is 18.2 Å². The molecule has 1 aliphatic heterocycles. The number of benzene rings is 1. The molecule has 1 aromatic carbocycles. The highest BCUT2D eigenvalue weighted by Crippen LogP contribution is 2.24. The van der Waals surface area contributed by atoms with Crippen LogP contribution in [0.4, 0.5) is 5.69 Å². The van der Waals surface area contributed by atoms with Crippen molar-refractivity contribution in [2.45, 2.75) is 26.7 Å². The van der Waals surface area contributed by atoms with Crippen molar-refractivity contribution in [3.8, 4) is 0 Å². The number of hydrogen-bond acceptors (Lipinski definition) is 2. The van der Waals surface area contributed by atoms with E-state index >= 15 is 0 Å². The minimum atomic E-state index is -0.0926. The number of nitrogens with zero attached hydrogens (tertiary/aromatic N) is 1. The van der Waals surface area contributed by atoms with Crippen LogP contribution < -0.4 is 4.90 Å². The predicted molar refractivity (Wildman–Crippen MR) is 57.6 cm³/mol. The number of carbonyl (C=O) groups is 2. The zero-order chi connectivity index (χ0) is 11.0. The minimum absolute atomic E-state index is 0.0926. The summed E-state index contributed by atoms with van der Waals surface area (Å²) in [6.07, 6.45) is 0.678. The van der Waals surface area contributed by atoms with Gasteiger partial charge in [-0.2, -0.15) is 0 Å². The molecule has 0 saturated carbocycles. The maximum absolute atomic E-state index is 11.5. The smallest absolute Gasteiger partial charge is 0.234 e. The van der Waals surface area contributed by atoms with Gasteiger partial charge < -0.3 is 0 Å². The average Bonchev–Trinajstić information content (AvgIpc) is 2.44. The van der Waals surface area contributed by atoms with E-state index in [2.05, 4.69) is 0 Å². The van der Waals surface area contributed by atoms with Crippen LogP contribution in [0.2, 0.25) is 0 Å². The lowest BCUT2D eigenvalue weighted by Gasteiger charge is -2.15. The maximum Gasteiger partial charge on any atom is 0.234 e. The summed E-state index contributed by atoms with van der Waals surface area (Å²) in [5.41, 5.74) is 2.84. The Morgan fingerprint density at radius 3 is 1.87 bits per heavy atom. The molecule has 2 rings (SSSR count). The quantitative estimate of drug-likeness (QED) is 0.654. The van der Waals surface area contributed by atoms with Crippen molar-refractivity contribution in [3.63, 3.8) is 0 Å². The average molecular weight is 203 g/mol. The third-order valence-corrected chi connectivity index (χ3v) is 2.52. The summed E-state index contributed by atoms with van der Waals surface area (Å²) in [5.74, 6) is -0.185. The number of aryl methyl sites for hydroxylation is 2. The number of anilines is 1. The standard InChI is InChI=1S/C12H13NO2/c1-8-5-9(2)7-10(6-8)13-11(14)3-4-12(13)15/h5-7H,3-4H2,1-2H3. The van der Waals surface area contributed by atoms with Gasteiger partial charge in [-0.05, 0) is 37.1 Å². The largest absolute Gasteiger partial charge is 0.274 e. The van der Waals surface area contributed by atoms with Gasteiger partial charge in [0.15, 0.2) is 0 Å². The second-order valence-corrected chi connectivity index (χ2v) is 3.97. The Kier molecular flexibility index (Phi) is 2.31. The van der Waals surface area contributed by atoms with Crippen molar-refractivity contribution >= 4 is 17.5 Å². The molecule has 1 saturated heterocycles. The van der Waals surface area contributed by atoms with E-state index < -0.39 is 0 Å². The Labute approximate surface area is 88.7 Å². The van der Waals surface area contributed by atoms with Crippen LogP contribution in [-0.2, 0) is 9.59 Å². The number of hydrogen-bond donors (Lipinski definition) is 0. The first-order valence-corrected chi connectivity index (χ1v) is 5.02. The molecule has 0 atom stereocenters. The topological polar surface area (TPSA) is 37.4 Å². The fourth-order valence-electron chi connectivity index (χ4n) is 1.94. The molecule has 0 spiro atoms. The highest BCUT2D eigenvalue weighted by molar-refractivity contribution is 6.19. The van der Waals surface area contributed by atoms with E-state index in [9.17, 15) is 9.59 Å². The van der Waals surface area contributed by atoms with Gasteiger partial charge in [0, 0.05) is 12.8 Å². The number of imide groups is 1. The molecule has 0 unspecified atom stereocenters. The zero-order valence-corrected chi connectivity index (χ0v) is 8.91. The minimum Gasteiger partial charge on any atom is -0.274 e. The molecule has 78 valence electrons. The molecule has 1 aromatic rings. The van der Waals surface area contributed by atoms with E-state index in [1.54, 1.807) is 0 Å². The highest BCUT2D eigenvalue weighted by atomic mass is 16.2. The lowest BCUT2D eigenvalue weighted by atomic mass is 10.1. The summed E-state index contributed by atoms with van der Waals surface area (Å²) < 4.78 is 0. The molecule has 2 amide bonds. The molecule has 0 aromatic heterocycles. The Morgan fingerprint density at radius 2 is 1.40 bits per heavy atom. The van der Waals surface area contributed by atoms with E-state index in [1.807, 2.05) is 32.0 Å². The second-order valence-electron chi connectivity index (χ2n) is 3.97. The molecule has 0 N–H and O–H groups in total. The molecule has 0 radical (unpaired) electrons. The van der Waals surface area contributed by atoms with Crippen LogP contribution in [0.5, 0.6) is 0 Å². The summed E-state index contributed by atoms with van der Waals surface area (Å²) in [6, 6.07) is 5.76. The third kappa shape index (κ3) is 1.77. The van der Waals surface area contributed by atoms with Gasteiger partial charge in [0.25, 0.3) is 0 Å². The first-order valence-electron chi connectivity index (χ1n) is 5.02. The Bertz CT molecular complexity index is 401. The van der Waals surface area contributed by atoms with E-state index in [1.165, 1.54) is 4.90 Å². The molecular formula is C12H13NO2. The molecule has 15 heavy (non-hydrogen) atoms. The molecule has 3 nitrogen and oxygen atoms in total. The van der Waals surface area contributed by atoms with Gasteiger partial charge in [-0.15, -0.1) is 0 Å². The fraction of sp³-hybridized carbons (Fsp3) is 0.333.